The number of nitrogens with one attached hydrogen (secondary N) is 1. The van der Waals surface area contributed by atoms with Crippen LogP contribution in [0.1, 0.15) is 0 Å². The van der Waals surface area contributed by atoms with Gasteiger partial charge in [0.1, 0.15) is 5.82 Å². The highest BCUT2D eigenvalue weighted by molar-refractivity contribution is 5.59. The third-order valence-electron chi connectivity index (χ3n) is 1.92. The number of H-pyrrole nitrogens is 1. The highest BCUT2D eigenvalue weighted by atomic mass is 16.3. The predicted molar refractivity (Wildman–Crippen MR) is 53.6 cm³/mol. The Bertz CT molecular complexity index is 548. The zero-order valence-corrected chi connectivity index (χ0v) is 7.64. The molecule has 15 heavy (non-hydrogen) atoms. The minimum absolute atomic E-state index is 0.211. The lowest BCUT2D eigenvalue weighted by molar-refractivity contribution is 0.404. The van der Waals surface area contributed by atoms with Crippen molar-refractivity contribution in [1.29, 1.82) is 0 Å². The minimum atomic E-state index is -0.271. The maximum absolute atomic E-state index is 11.0. The van der Waals surface area contributed by atoms with Crippen molar-refractivity contribution < 1.29 is 10.2 Å². The number of hydrogen-bond donors (Lipinski definition) is 3. The molecule has 0 aliphatic carbocycles. The number of hydrogen-bond acceptors (Lipinski definition) is 4. The van der Waals surface area contributed by atoms with Gasteiger partial charge >= 0.3 is 0 Å². The van der Waals surface area contributed by atoms with E-state index in [-0.39, 0.29) is 17.1 Å². The number of phenolic OH excluding ortho intramolecular Hbond substituents is 2. The maximum atomic E-state index is 11.0. The zero-order chi connectivity index (χ0) is 10.8. The van der Waals surface area contributed by atoms with Crippen molar-refractivity contribution in [3.8, 4) is 22.9 Å². The molecule has 0 unspecified atom stereocenters. The van der Waals surface area contributed by atoms with Crippen LogP contribution in [-0.4, -0.2) is 20.2 Å². The number of aromatic amines is 1. The average molecular weight is 204 g/mol. The van der Waals surface area contributed by atoms with Crippen LogP contribution < -0.4 is 5.56 Å². The second kappa shape index (κ2) is 3.45. The molecule has 5 heteroatoms. The van der Waals surface area contributed by atoms with Crippen molar-refractivity contribution in [2.24, 2.45) is 0 Å². The first-order valence-electron chi connectivity index (χ1n) is 4.24. The molecule has 0 atom stereocenters. The van der Waals surface area contributed by atoms with Gasteiger partial charge in [0.05, 0.1) is 0 Å². The molecule has 1 aromatic carbocycles. The molecule has 3 N–H and O–H groups in total. The number of nitrogens with zero attached hydrogens (tertiary/aromatic N) is 1. The molecule has 2 rings (SSSR count). The van der Waals surface area contributed by atoms with Gasteiger partial charge in [-0.25, -0.2) is 4.98 Å². The Hall–Kier alpha value is -2.30. The van der Waals surface area contributed by atoms with Crippen LogP contribution in [0, 0.1) is 0 Å². The van der Waals surface area contributed by atoms with Crippen molar-refractivity contribution in [2.45, 2.75) is 0 Å². The maximum Gasteiger partial charge on any atom is 0.251 e. The topological polar surface area (TPSA) is 86.2 Å². The Labute approximate surface area is 84.7 Å². The lowest BCUT2D eigenvalue weighted by atomic mass is 10.2. The van der Waals surface area contributed by atoms with E-state index in [0.717, 1.165) is 0 Å². The van der Waals surface area contributed by atoms with Crippen LogP contribution in [0.15, 0.2) is 35.3 Å². The van der Waals surface area contributed by atoms with Crippen molar-refractivity contribution in [3.63, 3.8) is 0 Å². The summed E-state index contributed by atoms with van der Waals surface area (Å²) < 4.78 is 0. The molecule has 0 saturated carbocycles. The fourth-order valence-corrected chi connectivity index (χ4v) is 1.19. The average Bonchev–Trinajstić information content (AvgIpc) is 2.22. The largest absolute Gasteiger partial charge is 0.504 e. The van der Waals surface area contributed by atoms with Gasteiger partial charge in [-0.2, -0.15) is 0 Å². The van der Waals surface area contributed by atoms with Gasteiger partial charge < -0.3 is 15.2 Å². The second-order valence-corrected chi connectivity index (χ2v) is 2.99. The summed E-state index contributed by atoms with van der Waals surface area (Å²) in [5.74, 6) is -0.117. The second-order valence-electron chi connectivity index (χ2n) is 2.99. The van der Waals surface area contributed by atoms with Gasteiger partial charge in [-0.15, -0.1) is 0 Å². The highest BCUT2D eigenvalue weighted by Gasteiger charge is 2.04. The van der Waals surface area contributed by atoms with Gasteiger partial charge in [-0.05, 0) is 18.2 Å². The van der Waals surface area contributed by atoms with Crippen molar-refractivity contribution >= 4 is 0 Å². The first-order chi connectivity index (χ1) is 7.16. The SMILES string of the molecule is O=c1ccnc(-c2ccc(O)c(O)c2)[nH]1. The van der Waals surface area contributed by atoms with Crippen LogP contribution in [0.25, 0.3) is 11.4 Å². The number of aromatic nitrogens is 2. The predicted octanol–water partition coefficient (Wildman–Crippen LogP) is 0.848. The Balaban J connectivity index is 2.55. The van der Waals surface area contributed by atoms with Crippen molar-refractivity contribution in [3.05, 3.63) is 40.8 Å². The Morgan fingerprint density at radius 1 is 1.13 bits per heavy atom. The van der Waals surface area contributed by atoms with Gasteiger partial charge in [0.25, 0.3) is 5.56 Å². The number of benzene rings is 1. The fraction of sp³-hybridized carbons (Fsp3) is 0. The highest BCUT2D eigenvalue weighted by Crippen LogP contribution is 2.28. The molecule has 0 bridgehead atoms. The Kier molecular flexibility index (Phi) is 2.13. The molecular weight excluding hydrogens is 196 g/mol. The molecule has 0 saturated heterocycles. The van der Waals surface area contributed by atoms with E-state index in [9.17, 15) is 9.90 Å². The van der Waals surface area contributed by atoms with Gasteiger partial charge in [-0.1, -0.05) is 0 Å². The van der Waals surface area contributed by atoms with Gasteiger partial charge in [0.15, 0.2) is 11.5 Å². The molecule has 5 nitrogen and oxygen atoms in total. The van der Waals surface area contributed by atoms with E-state index in [1.807, 2.05) is 0 Å². The van der Waals surface area contributed by atoms with Gasteiger partial charge in [-0.3, -0.25) is 4.79 Å². The van der Waals surface area contributed by atoms with Crippen molar-refractivity contribution in [2.75, 3.05) is 0 Å². The normalized spacial score (nSPS) is 10.1. The van der Waals surface area contributed by atoms with Gasteiger partial charge in [0, 0.05) is 17.8 Å². The molecule has 2 aromatic rings. The molecule has 1 aromatic heterocycles. The summed E-state index contributed by atoms with van der Waals surface area (Å²) in [4.78, 5) is 17.5. The summed E-state index contributed by atoms with van der Waals surface area (Å²) in [6, 6.07) is 5.50. The summed E-state index contributed by atoms with van der Waals surface area (Å²) in [7, 11) is 0. The summed E-state index contributed by atoms with van der Waals surface area (Å²) in [6.07, 6.45) is 1.37. The Morgan fingerprint density at radius 2 is 1.93 bits per heavy atom. The van der Waals surface area contributed by atoms with E-state index < -0.39 is 0 Å². The molecule has 0 amide bonds. The number of aromatic hydroxyl groups is 2. The first kappa shape index (κ1) is 9.26. The van der Waals surface area contributed by atoms with Crippen LogP contribution in [0.5, 0.6) is 11.5 Å². The summed E-state index contributed by atoms with van der Waals surface area (Å²) in [6.45, 7) is 0. The summed E-state index contributed by atoms with van der Waals surface area (Å²) in [5, 5.41) is 18.4. The van der Waals surface area contributed by atoms with E-state index in [1.165, 1.54) is 24.4 Å². The lowest BCUT2D eigenvalue weighted by Crippen LogP contribution is -2.05. The molecule has 0 fully saturated rings. The third kappa shape index (κ3) is 1.80. The van der Waals surface area contributed by atoms with Crippen LogP contribution >= 0.6 is 0 Å². The number of rotatable bonds is 1. The standard InChI is InChI=1S/C10H8N2O3/c13-7-2-1-6(5-8(7)14)10-11-4-3-9(15)12-10/h1-5,13-14H,(H,11,12,15). The van der Waals surface area contributed by atoms with E-state index in [4.69, 9.17) is 5.11 Å². The summed E-state index contributed by atoms with van der Waals surface area (Å²) in [5.41, 5.74) is 0.260. The van der Waals surface area contributed by atoms with Crippen molar-refractivity contribution in [1.82, 2.24) is 9.97 Å². The molecule has 0 aliphatic rings. The molecule has 76 valence electrons. The quantitative estimate of drug-likeness (QED) is 0.601. The first-order valence-corrected chi connectivity index (χ1v) is 4.24. The third-order valence-corrected chi connectivity index (χ3v) is 1.92. The van der Waals surface area contributed by atoms with E-state index >= 15 is 0 Å². The molecule has 0 radical (unpaired) electrons. The smallest absolute Gasteiger partial charge is 0.251 e. The van der Waals surface area contributed by atoms with E-state index in [1.54, 1.807) is 6.07 Å². The van der Waals surface area contributed by atoms with Crippen LogP contribution in [-0.2, 0) is 0 Å². The number of phenols is 2. The minimum Gasteiger partial charge on any atom is -0.504 e. The van der Waals surface area contributed by atoms with E-state index in [2.05, 4.69) is 9.97 Å². The monoisotopic (exact) mass is 204 g/mol. The zero-order valence-electron chi connectivity index (χ0n) is 7.64. The molecule has 0 aliphatic heterocycles. The van der Waals surface area contributed by atoms with E-state index in [0.29, 0.717) is 11.4 Å². The molecular formula is C10H8N2O3. The van der Waals surface area contributed by atoms with Crippen LogP contribution in [0.3, 0.4) is 0 Å². The van der Waals surface area contributed by atoms with Gasteiger partial charge in [0.2, 0.25) is 0 Å². The molecule has 1 heterocycles. The van der Waals surface area contributed by atoms with Crippen LogP contribution in [0.4, 0.5) is 0 Å². The lowest BCUT2D eigenvalue weighted by Gasteiger charge is -2.01. The fourth-order valence-electron chi connectivity index (χ4n) is 1.19. The van der Waals surface area contributed by atoms with Crippen LogP contribution in [0.2, 0.25) is 0 Å². The Morgan fingerprint density at radius 3 is 2.60 bits per heavy atom. The molecule has 0 spiro atoms. The summed E-state index contributed by atoms with van der Waals surface area (Å²) >= 11 is 0.